The summed E-state index contributed by atoms with van der Waals surface area (Å²) >= 11 is 9.36. The summed E-state index contributed by atoms with van der Waals surface area (Å²) in [6.45, 7) is 1.89. The van der Waals surface area contributed by atoms with Crippen LogP contribution in [0.15, 0.2) is 53.0 Å². The first kappa shape index (κ1) is 18.0. The van der Waals surface area contributed by atoms with E-state index in [-0.39, 0.29) is 12.5 Å². The zero-order chi connectivity index (χ0) is 16.9. The third-order valence-electron chi connectivity index (χ3n) is 3.60. The number of nitrogens with one attached hydrogen (secondary N) is 1. The SMILES string of the molecule is C[C@](O)(CCc1ccccc1)CNC(=O)c1cc(Br)ccc1Cl. The summed E-state index contributed by atoms with van der Waals surface area (Å²) in [5.74, 6) is -0.295. The number of carbonyl (C=O) groups excluding carboxylic acids is 1. The predicted molar refractivity (Wildman–Crippen MR) is 96.9 cm³/mol. The van der Waals surface area contributed by atoms with E-state index in [2.05, 4.69) is 21.2 Å². The summed E-state index contributed by atoms with van der Waals surface area (Å²) in [5.41, 5.74) is 0.568. The predicted octanol–water partition coefficient (Wildman–Crippen LogP) is 4.22. The molecule has 0 aliphatic heterocycles. The fourth-order valence-corrected chi connectivity index (χ4v) is 2.75. The highest BCUT2D eigenvalue weighted by Gasteiger charge is 2.22. The van der Waals surface area contributed by atoms with Gasteiger partial charge in [-0.2, -0.15) is 0 Å². The van der Waals surface area contributed by atoms with Gasteiger partial charge in [0.15, 0.2) is 0 Å². The molecule has 23 heavy (non-hydrogen) atoms. The monoisotopic (exact) mass is 395 g/mol. The molecule has 0 radical (unpaired) electrons. The van der Waals surface area contributed by atoms with Crippen molar-refractivity contribution < 1.29 is 9.90 Å². The van der Waals surface area contributed by atoms with Gasteiger partial charge in [0.2, 0.25) is 0 Å². The second-order valence-corrected chi connectivity index (χ2v) is 7.11. The second-order valence-electron chi connectivity index (χ2n) is 5.79. The number of rotatable bonds is 6. The lowest BCUT2D eigenvalue weighted by atomic mass is 9.96. The number of carbonyl (C=O) groups is 1. The molecule has 2 aromatic rings. The van der Waals surface area contributed by atoms with E-state index in [1.807, 2.05) is 30.3 Å². The van der Waals surface area contributed by atoms with Gasteiger partial charge in [0.05, 0.1) is 16.2 Å². The highest BCUT2D eigenvalue weighted by molar-refractivity contribution is 9.10. The van der Waals surface area contributed by atoms with Crippen LogP contribution in [0.2, 0.25) is 5.02 Å². The van der Waals surface area contributed by atoms with Crippen molar-refractivity contribution >= 4 is 33.4 Å². The molecule has 2 rings (SSSR count). The van der Waals surface area contributed by atoms with Crippen LogP contribution in [0, 0.1) is 0 Å². The highest BCUT2D eigenvalue weighted by Crippen LogP contribution is 2.21. The highest BCUT2D eigenvalue weighted by atomic mass is 79.9. The van der Waals surface area contributed by atoms with E-state index in [1.54, 1.807) is 25.1 Å². The van der Waals surface area contributed by atoms with Crippen LogP contribution in [0.4, 0.5) is 0 Å². The fraction of sp³-hybridized carbons (Fsp3) is 0.278. The third-order valence-corrected chi connectivity index (χ3v) is 4.42. The lowest BCUT2D eigenvalue weighted by Gasteiger charge is -2.24. The molecule has 0 aliphatic carbocycles. The third kappa shape index (κ3) is 5.65. The van der Waals surface area contributed by atoms with E-state index in [1.165, 1.54) is 0 Å². The number of hydrogen-bond donors (Lipinski definition) is 2. The van der Waals surface area contributed by atoms with Gasteiger partial charge in [-0.1, -0.05) is 57.9 Å². The summed E-state index contributed by atoms with van der Waals surface area (Å²) in [6.07, 6.45) is 1.31. The number of hydrogen-bond acceptors (Lipinski definition) is 2. The van der Waals surface area contributed by atoms with Gasteiger partial charge in [0, 0.05) is 11.0 Å². The van der Waals surface area contributed by atoms with Crippen molar-refractivity contribution in [3.63, 3.8) is 0 Å². The first-order valence-corrected chi connectivity index (χ1v) is 8.54. The molecule has 122 valence electrons. The van der Waals surface area contributed by atoms with Crippen molar-refractivity contribution in [2.24, 2.45) is 0 Å². The molecule has 0 aliphatic rings. The average Bonchev–Trinajstić information content (AvgIpc) is 2.54. The number of benzene rings is 2. The maximum atomic E-state index is 12.2. The normalized spacial score (nSPS) is 13.4. The van der Waals surface area contributed by atoms with E-state index in [0.29, 0.717) is 17.0 Å². The van der Waals surface area contributed by atoms with Crippen LogP contribution in [-0.4, -0.2) is 23.2 Å². The molecule has 0 spiro atoms. The van der Waals surface area contributed by atoms with Gasteiger partial charge in [-0.25, -0.2) is 0 Å². The smallest absolute Gasteiger partial charge is 0.252 e. The molecule has 0 aromatic heterocycles. The molecule has 0 saturated heterocycles. The minimum absolute atomic E-state index is 0.168. The maximum absolute atomic E-state index is 12.2. The molecule has 1 amide bonds. The van der Waals surface area contributed by atoms with Crippen molar-refractivity contribution in [3.05, 3.63) is 69.2 Å². The molecule has 0 saturated carbocycles. The van der Waals surface area contributed by atoms with E-state index >= 15 is 0 Å². The first-order valence-electron chi connectivity index (χ1n) is 7.37. The minimum Gasteiger partial charge on any atom is -0.388 e. The van der Waals surface area contributed by atoms with Crippen LogP contribution in [0.3, 0.4) is 0 Å². The van der Waals surface area contributed by atoms with Crippen molar-refractivity contribution in [1.82, 2.24) is 5.32 Å². The molecule has 2 aromatic carbocycles. The lowest BCUT2D eigenvalue weighted by molar-refractivity contribution is 0.0478. The molecule has 0 heterocycles. The summed E-state index contributed by atoms with van der Waals surface area (Å²) in [7, 11) is 0. The molecule has 0 unspecified atom stereocenters. The minimum atomic E-state index is -0.982. The molecule has 1 atom stereocenters. The Bertz CT molecular complexity index is 674. The fourth-order valence-electron chi connectivity index (χ4n) is 2.18. The number of aryl methyl sites for hydroxylation is 1. The van der Waals surface area contributed by atoms with Crippen LogP contribution in [-0.2, 0) is 6.42 Å². The Morgan fingerprint density at radius 3 is 2.65 bits per heavy atom. The van der Waals surface area contributed by atoms with Gasteiger partial charge >= 0.3 is 0 Å². The van der Waals surface area contributed by atoms with Crippen molar-refractivity contribution in [2.75, 3.05) is 6.54 Å². The standard InChI is InChI=1S/C18H19BrClNO2/c1-18(23,10-9-13-5-3-2-4-6-13)12-21-17(22)15-11-14(19)7-8-16(15)20/h2-8,11,23H,9-10,12H2,1H3,(H,21,22)/t18-/m0/s1. The van der Waals surface area contributed by atoms with Gasteiger partial charge in [-0.05, 0) is 43.5 Å². The Labute approximate surface area is 149 Å². The number of halogens is 2. The molecule has 5 heteroatoms. The summed E-state index contributed by atoms with van der Waals surface area (Å²) in [4.78, 5) is 12.2. The Hall–Kier alpha value is -1.36. The first-order chi connectivity index (χ1) is 10.9. The Balaban J connectivity index is 1.90. The van der Waals surface area contributed by atoms with E-state index in [4.69, 9.17) is 11.6 Å². The van der Waals surface area contributed by atoms with Gasteiger partial charge in [0.25, 0.3) is 5.91 Å². The van der Waals surface area contributed by atoms with E-state index in [9.17, 15) is 9.90 Å². The van der Waals surface area contributed by atoms with Crippen molar-refractivity contribution in [1.29, 1.82) is 0 Å². The van der Waals surface area contributed by atoms with Gasteiger partial charge in [-0.15, -0.1) is 0 Å². The summed E-state index contributed by atoms with van der Waals surface area (Å²) < 4.78 is 0.780. The Morgan fingerprint density at radius 1 is 1.26 bits per heavy atom. The summed E-state index contributed by atoms with van der Waals surface area (Å²) in [6, 6.07) is 15.1. The molecule has 3 nitrogen and oxygen atoms in total. The van der Waals surface area contributed by atoms with Gasteiger partial charge < -0.3 is 10.4 Å². The molecule has 0 bridgehead atoms. The van der Waals surface area contributed by atoms with E-state index < -0.39 is 5.60 Å². The van der Waals surface area contributed by atoms with Crippen LogP contribution >= 0.6 is 27.5 Å². The largest absolute Gasteiger partial charge is 0.388 e. The van der Waals surface area contributed by atoms with Crippen LogP contribution in [0.1, 0.15) is 29.3 Å². The molecule has 2 N–H and O–H groups in total. The number of amides is 1. The van der Waals surface area contributed by atoms with Crippen molar-refractivity contribution in [3.8, 4) is 0 Å². The zero-order valence-electron chi connectivity index (χ0n) is 12.9. The Kier molecular flexibility index (Phi) is 6.22. The van der Waals surface area contributed by atoms with Gasteiger partial charge in [-0.3, -0.25) is 4.79 Å². The van der Waals surface area contributed by atoms with Crippen LogP contribution < -0.4 is 5.32 Å². The molecule has 0 fully saturated rings. The quantitative estimate of drug-likeness (QED) is 0.768. The average molecular weight is 397 g/mol. The van der Waals surface area contributed by atoms with Crippen LogP contribution in [0.5, 0.6) is 0 Å². The number of aliphatic hydroxyl groups is 1. The Morgan fingerprint density at radius 2 is 1.96 bits per heavy atom. The zero-order valence-corrected chi connectivity index (χ0v) is 15.2. The topological polar surface area (TPSA) is 49.3 Å². The van der Waals surface area contributed by atoms with Crippen LogP contribution in [0.25, 0.3) is 0 Å². The molecular weight excluding hydrogens is 378 g/mol. The second kappa shape index (κ2) is 7.95. The maximum Gasteiger partial charge on any atom is 0.252 e. The lowest BCUT2D eigenvalue weighted by Crippen LogP contribution is -2.41. The van der Waals surface area contributed by atoms with E-state index in [0.717, 1.165) is 16.5 Å². The van der Waals surface area contributed by atoms with Gasteiger partial charge in [0.1, 0.15) is 0 Å². The van der Waals surface area contributed by atoms with Crippen molar-refractivity contribution in [2.45, 2.75) is 25.4 Å². The molecular formula is C18H19BrClNO2. The summed E-state index contributed by atoms with van der Waals surface area (Å²) in [5, 5.41) is 13.6.